The molecular formula is C16H22N2O2. The van der Waals surface area contributed by atoms with Crippen molar-refractivity contribution in [2.45, 2.75) is 33.1 Å². The van der Waals surface area contributed by atoms with Crippen molar-refractivity contribution in [1.29, 1.82) is 0 Å². The van der Waals surface area contributed by atoms with E-state index in [9.17, 15) is 9.59 Å². The minimum absolute atomic E-state index is 0.0409. The molecule has 20 heavy (non-hydrogen) atoms. The summed E-state index contributed by atoms with van der Waals surface area (Å²) in [5.41, 5.74) is 3.01. The van der Waals surface area contributed by atoms with Crippen molar-refractivity contribution in [1.82, 2.24) is 10.2 Å². The van der Waals surface area contributed by atoms with Gasteiger partial charge < -0.3 is 10.2 Å². The highest BCUT2D eigenvalue weighted by atomic mass is 16.2. The van der Waals surface area contributed by atoms with Gasteiger partial charge in [-0.05, 0) is 49.9 Å². The van der Waals surface area contributed by atoms with E-state index in [1.807, 2.05) is 36.9 Å². The third kappa shape index (κ3) is 3.59. The van der Waals surface area contributed by atoms with Gasteiger partial charge in [0.25, 0.3) is 5.91 Å². The van der Waals surface area contributed by atoms with Crippen LogP contribution in [0.1, 0.15) is 40.7 Å². The molecule has 0 unspecified atom stereocenters. The summed E-state index contributed by atoms with van der Waals surface area (Å²) >= 11 is 0. The van der Waals surface area contributed by atoms with Crippen LogP contribution in [0.3, 0.4) is 0 Å². The molecule has 0 aromatic heterocycles. The summed E-state index contributed by atoms with van der Waals surface area (Å²) in [5, 5.41) is 2.91. The van der Waals surface area contributed by atoms with Crippen LogP contribution in [0, 0.1) is 13.8 Å². The first-order valence-electron chi connectivity index (χ1n) is 7.21. The van der Waals surface area contributed by atoms with Crippen molar-refractivity contribution in [2.75, 3.05) is 19.6 Å². The minimum atomic E-state index is -0.0409. The molecule has 1 aliphatic heterocycles. The molecule has 2 rings (SSSR count). The standard InChI is InChI=1S/C16H22N2O2/c1-12-6-7-14(11-13(12)2)16(20)17-8-4-10-18-9-3-5-15(18)19/h6-7,11H,3-5,8-10H2,1-2H3,(H,17,20). The zero-order chi connectivity index (χ0) is 14.5. The fraction of sp³-hybridized carbons (Fsp3) is 0.500. The van der Waals surface area contributed by atoms with Gasteiger partial charge in [0.05, 0.1) is 0 Å². The Bertz CT molecular complexity index is 511. The minimum Gasteiger partial charge on any atom is -0.352 e. The smallest absolute Gasteiger partial charge is 0.251 e. The monoisotopic (exact) mass is 274 g/mol. The van der Waals surface area contributed by atoms with E-state index in [1.54, 1.807) is 0 Å². The highest BCUT2D eigenvalue weighted by molar-refractivity contribution is 5.94. The first-order chi connectivity index (χ1) is 9.58. The predicted octanol–water partition coefficient (Wildman–Crippen LogP) is 2.05. The summed E-state index contributed by atoms with van der Waals surface area (Å²) < 4.78 is 0. The molecular weight excluding hydrogens is 252 g/mol. The second kappa shape index (κ2) is 6.55. The predicted molar refractivity (Wildman–Crippen MR) is 78.7 cm³/mol. The van der Waals surface area contributed by atoms with Gasteiger partial charge >= 0.3 is 0 Å². The molecule has 4 heteroatoms. The van der Waals surface area contributed by atoms with Crippen molar-refractivity contribution in [3.63, 3.8) is 0 Å². The Morgan fingerprint density at radius 1 is 1.30 bits per heavy atom. The Hall–Kier alpha value is -1.84. The molecule has 1 aliphatic rings. The average molecular weight is 274 g/mol. The van der Waals surface area contributed by atoms with Crippen LogP contribution in [0.25, 0.3) is 0 Å². The number of rotatable bonds is 5. The normalized spacial score (nSPS) is 14.7. The molecule has 108 valence electrons. The van der Waals surface area contributed by atoms with Crippen LogP contribution in [-0.4, -0.2) is 36.3 Å². The highest BCUT2D eigenvalue weighted by Gasteiger charge is 2.19. The second-order valence-corrected chi connectivity index (χ2v) is 5.39. The molecule has 0 saturated carbocycles. The maximum atomic E-state index is 12.0. The van der Waals surface area contributed by atoms with E-state index in [0.717, 1.165) is 31.5 Å². The van der Waals surface area contributed by atoms with Crippen molar-refractivity contribution in [3.05, 3.63) is 34.9 Å². The zero-order valence-corrected chi connectivity index (χ0v) is 12.2. The number of amides is 2. The molecule has 4 nitrogen and oxygen atoms in total. The molecule has 1 N–H and O–H groups in total. The molecule has 0 bridgehead atoms. The molecule has 0 atom stereocenters. The number of carbonyl (C=O) groups excluding carboxylic acids is 2. The molecule has 1 aromatic carbocycles. The first kappa shape index (κ1) is 14.6. The van der Waals surface area contributed by atoms with E-state index in [1.165, 1.54) is 5.56 Å². The third-order valence-corrected chi connectivity index (χ3v) is 3.83. The lowest BCUT2D eigenvalue weighted by Crippen LogP contribution is -2.30. The van der Waals surface area contributed by atoms with Crippen LogP contribution in [0.5, 0.6) is 0 Å². The van der Waals surface area contributed by atoms with E-state index in [0.29, 0.717) is 18.5 Å². The van der Waals surface area contributed by atoms with Gasteiger partial charge in [0.2, 0.25) is 5.91 Å². The summed E-state index contributed by atoms with van der Waals surface area (Å²) in [4.78, 5) is 25.3. The topological polar surface area (TPSA) is 49.4 Å². The van der Waals surface area contributed by atoms with Crippen LogP contribution in [0.4, 0.5) is 0 Å². The van der Waals surface area contributed by atoms with Gasteiger partial charge in [-0.3, -0.25) is 9.59 Å². The van der Waals surface area contributed by atoms with E-state index in [-0.39, 0.29) is 11.8 Å². The largest absolute Gasteiger partial charge is 0.352 e. The maximum Gasteiger partial charge on any atom is 0.251 e. The molecule has 1 fully saturated rings. The molecule has 0 radical (unpaired) electrons. The lowest BCUT2D eigenvalue weighted by Gasteiger charge is -2.15. The Morgan fingerprint density at radius 2 is 2.10 bits per heavy atom. The van der Waals surface area contributed by atoms with Gasteiger partial charge in [-0.15, -0.1) is 0 Å². The molecule has 1 heterocycles. The fourth-order valence-electron chi connectivity index (χ4n) is 2.40. The van der Waals surface area contributed by atoms with E-state index >= 15 is 0 Å². The third-order valence-electron chi connectivity index (χ3n) is 3.83. The number of benzene rings is 1. The van der Waals surface area contributed by atoms with E-state index in [4.69, 9.17) is 0 Å². The number of carbonyl (C=O) groups is 2. The van der Waals surface area contributed by atoms with Crippen molar-refractivity contribution in [3.8, 4) is 0 Å². The van der Waals surface area contributed by atoms with Crippen molar-refractivity contribution in [2.24, 2.45) is 0 Å². The van der Waals surface area contributed by atoms with Crippen LogP contribution < -0.4 is 5.32 Å². The summed E-state index contributed by atoms with van der Waals surface area (Å²) in [6, 6.07) is 5.73. The van der Waals surface area contributed by atoms with E-state index < -0.39 is 0 Å². The Labute approximate surface area is 120 Å². The number of hydrogen-bond acceptors (Lipinski definition) is 2. The summed E-state index contributed by atoms with van der Waals surface area (Å²) in [7, 11) is 0. The first-order valence-corrected chi connectivity index (χ1v) is 7.21. The van der Waals surface area contributed by atoms with E-state index in [2.05, 4.69) is 5.32 Å². The Kier molecular flexibility index (Phi) is 4.77. The van der Waals surface area contributed by atoms with Crippen LogP contribution >= 0.6 is 0 Å². The van der Waals surface area contributed by atoms with Gasteiger partial charge in [-0.1, -0.05) is 6.07 Å². The highest BCUT2D eigenvalue weighted by Crippen LogP contribution is 2.10. The van der Waals surface area contributed by atoms with Gasteiger partial charge in [-0.25, -0.2) is 0 Å². The van der Waals surface area contributed by atoms with Crippen molar-refractivity contribution < 1.29 is 9.59 Å². The van der Waals surface area contributed by atoms with Crippen LogP contribution in [-0.2, 0) is 4.79 Å². The number of hydrogen-bond donors (Lipinski definition) is 1. The molecule has 0 spiro atoms. The van der Waals surface area contributed by atoms with Crippen molar-refractivity contribution >= 4 is 11.8 Å². The fourth-order valence-corrected chi connectivity index (χ4v) is 2.40. The summed E-state index contributed by atoms with van der Waals surface area (Å²) in [6.45, 7) is 6.25. The Balaban J connectivity index is 1.74. The van der Waals surface area contributed by atoms with Gasteiger partial charge in [-0.2, -0.15) is 0 Å². The SMILES string of the molecule is Cc1ccc(C(=O)NCCCN2CCCC2=O)cc1C. The maximum absolute atomic E-state index is 12.0. The summed E-state index contributed by atoms with van der Waals surface area (Å²) in [6.07, 6.45) is 2.45. The summed E-state index contributed by atoms with van der Waals surface area (Å²) in [5.74, 6) is 0.200. The molecule has 1 saturated heterocycles. The quantitative estimate of drug-likeness (QED) is 0.835. The zero-order valence-electron chi connectivity index (χ0n) is 12.2. The number of nitrogens with zero attached hydrogens (tertiary/aromatic N) is 1. The molecule has 1 aromatic rings. The van der Waals surface area contributed by atoms with Gasteiger partial charge in [0, 0.05) is 31.6 Å². The second-order valence-electron chi connectivity index (χ2n) is 5.39. The number of nitrogens with one attached hydrogen (secondary N) is 1. The van der Waals surface area contributed by atoms with Gasteiger partial charge in [0.1, 0.15) is 0 Å². The molecule has 0 aliphatic carbocycles. The lowest BCUT2D eigenvalue weighted by molar-refractivity contribution is -0.127. The molecule has 2 amide bonds. The number of aryl methyl sites for hydroxylation is 2. The average Bonchev–Trinajstić information content (AvgIpc) is 2.83. The van der Waals surface area contributed by atoms with Gasteiger partial charge in [0.15, 0.2) is 0 Å². The number of likely N-dealkylation sites (tertiary alicyclic amines) is 1. The van der Waals surface area contributed by atoms with Crippen LogP contribution in [0.15, 0.2) is 18.2 Å². The lowest BCUT2D eigenvalue weighted by atomic mass is 10.1. The van der Waals surface area contributed by atoms with Crippen LogP contribution in [0.2, 0.25) is 0 Å². The Morgan fingerprint density at radius 3 is 2.75 bits per heavy atom.